The van der Waals surface area contributed by atoms with Gasteiger partial charge in [0.15, 0.2) is 0 Å². The molecule has 1 atom stereocenters. The smallest absolute Gasteiger partial charge is 0.324 e. The summed E-state index contributed by atoms with van der Waals surface area (Å²) in [6.07, 6.45) is 4.03. The number of hydrogen-bond donors (Lipinski definition) is 2. The average molecular weight is 339 g/mol. The third kappa shape index (κ3) is 3.70. The van der Waals surface area contributed by atoms with Gasteiger partial charge in [-0.05, 0) is 12.8 Å². The first-order valence-electron chi connectivity index (χ1n) is 8.68. The van der Waals surface area contributed by atoms with Crippen molar-refractivity contribution in [2.45, 2.75) is 50.2 Å². The van der Waals surface area contributed by atoms with E-state index < -0.39 is 23.6 Å². The van der Waals surface area contributed by atoms with Crippen LogP contribution in [-0.2, 0) is 14.3 Å². The van der Waals surface area contributed by atoms with Gasteiger partial charge in [-0.3, -0.25) is 14.5 Å². The molecule has 0 aromatic heterocycles. The zero-order valence-electron chi connectivity index (χ0n) is 13.8. The van der Waals surface area contributed by atoms with Crippen LogP contribution in [0, 0.1) is 0 Å². The van der Waals surface area contributed by atoms with Crippen LogP contribution in [0.2, 0.25) is 0 Å². The van der Waals surface area contributed by atoms with Crippen molar-refractivity contribution in [2.24, 2.45) is 0 Å². The molecule has 24 heavy (non-hydrogen) atoms. The van der Waals surface area contributed by atoms with Crippen LogP contribution in [0.25, 0.3) is 0 Å². The highest BCUT2D eigenvalue weighted by atomic mass is 16.5. The molecule has 1 saturated carbocycles. The van der Waals surface area contributed by atoms with Gasteiger partial charge in [0.1, 0.15) is 6.04 Å². The molecular weight excluding hydrogens is 314 g/mol. The average Bonchev–Trinajstić information content (AvgIpc) is 2.83. The lowest BCUT2D eigenvalue weighted by molar-refractivity contribution is -0.139. The first-order chi connectivity index (χ1) is 11.5. The fourth-order valence-electron chi connectivity index (χ4n) is 3.64. The lowest BCUT2D eigenvalue weighted by atomic mass is 9.84. The Labute approximate surface area is 141 Å². The van der Waals surface area contributed by atoms with Gasteiger partial charge in [0, 0.05) is 13.1 Å². The van der Waals surface area contributed by atoms with Crippen molar-refractivity contribution in [1.82, 2.24) is 15.1 Å². The zero-order valence-corrected chi connectivity index (χ0v) is 13.8. The molecule has 2 aliphatic heterocycles. The maximum atomic E-state index is 12.5. The number of carbonyl (C=O) groups is 3. The largest absolute Gasteiger partial charge is 0.388 e. The molecule has 0 aromatic rings. The maximum absolute atomic E-state index is 12.5. The fourth-order valence-corrected chi connectivity index (χ4v) is 3.64. The summed E-state index contributed by atoms with van der Waals surface area (Å²) in [7, 11) is 0. The number of β-amino-alcohol motifs (C(OH)–C–C–N with tert-alkyl or cyclic N) is 1. The molecule has 0 radical (unpaired) electrons. The number of nitrogens with zero attached hydrogens (tertiary/aromatic N) is 2. The minimum absolute atomic E-state index is 0.0138. The molecule has 8 nitrogen and oxygen atoms in total. The van der Waals surface area contributed by atoms with E-state index in [1.807, 2.05) is 0 Å². The molecule has 0 bridgehead atoms. The first kappa shape index (κ1) is 17.2. The molecule has 0 unspecified atom stereocenters. The number of carbonyl (C=O) groups excluding carboxylic acids is 3. The molecule has 3 rings (SSSR count). The Bertz CT molecular complexity index is 512. The molecule has 134 valence electrons. The summed E-state index contributed by atoms with van der Waals surface area (Å²) in [6, 6.07) is -1.35. The van der Waals surface area contributed by atoms with Gasteiger partial charge in [-0.25, -0.2) is 4.79 Å². The molecule has 4 amide bonds. The normalized spacial score (nSPS) is 27.3. The van der Waals surface area contributed by atoms with E-state index in [0.29, 0.717) is 39.1 Å². The van der Waals surface area contributed by atoms with Gasteiger partial charge in [-0.15, -0.1) is 0 Å². The number of ether oxygens (including phenoxy) is 1. The SMILES string of the molecule is O=C(C[C@@H]1NC(=O)N(CC2(O)CCCCC2)C1=O)N1CCOCC1. The number of urea groups is 1. The van der Waals surface area contributed by atoms with Gasteiger partial charge in [0.05, 0.1) is 31.8 Å². The predicted molar refractivity (Wildman–Crippen MR) is 84.1 cm³/mol. The lowest BCUT2D eigenvalue weighted by Gasteiger charge is -2.34. The molecule has 3 aliphatic rings. The Kier molecular flexibility index (Phi) is 5.05. The van der Waals surface area contributed by atoms with E-state index in [2.05, 4.69) is 5.32 Å². The van der Waals surface area contributed by atoms with Crippen molar-refractivity contribution in [1.29, 1.82) is 0 Å². The molecule has 2 N–H and O–H groups in total. The van der Waals surface area contributed by atoms with Crippen molar-refractivity contribution in [3.63, 3.8) is 0 Å². The van der Waals surface area contributed by atoms with Crippen LogP contribution in [0.1, 0.15) is 38.5 Å². The number of nitrogens with one attached hydrogen (secondary N) is 1. The quantitative estimate of drug-likeness (QED) is 0.694. The van der Waals surface area contributed by atoms with Crippen molar-refractivity contribution < 1.29 is 24.2 Å². The van der Waals surface area contributed by atoms with E-state index >= 15 is 0 Å². The van der Waals surface area contributed by atoms with Crippen molar-refractivity contribution >= 4 is 17.8 Å². The highest BCUT2D eigenvalue weighted by Crippen LogP contribution is 2.29. The summed E-state index contributed by atoms with van der Waals surface area (Å²) in [5.41, 5.74) is -0.992. The van der Waals surface area contributed by atoms with Crippen LogP contribution in [0.5, 0.6) is 0 Å². The van der Waals surface area contributed by atoms with E-state index in [9.17, 15) is 19.5 Å². The van der Waals surface area contributed by atoms with Crippen molar-refractivity contribution in [3.05, 3.63) is 0 Å². The Morgan fingerprint density at radius 3 is 2.54 bits per heavy atom. The van der Waals surface area contributed by atoms with E-state index in [0.717, 1.165) is 24.2 Å². The Morgan fingerprint density at radius 1 is 1.21 bits per heavy atom. The second kappa shape index (κ2) is 7.06. The molecule has 0 spiro atoms. The molecular formula is C16H25N3O5. The monoisotopic (exact) mass is 339 g/mol. The minimum Gasteiger partial charge on any atom is -0.388 e. The van der Waals surface area contributed by atoms with E-state index in [1.54, 1.807) is 4.90 Å². The summed E-state index contributed by atoms with van der Waals surface area (Å²) >= 11 is 0. The van der Waals surface area contributed by atoms with Gasteiger partial charge < -0.3 is 20.1 Å². The lowest BCUT2D eigenvalue weighted by Crippen LogP contribution is -2.47. The molecule has 0 aromatic carbocycles. The number of hydrogen-bond acceptors (Lipinski definition) is 5. The standard InChI is InChI=1S/C16H25N3O5/c20-13(18-6-8-24-9-7-18)10-12-14(21)19(15(22)17-12)11-16(23)4-2-1-3-5-16/h12,23H,1-11H2,(H,17,22)/t12-/m0/s1. The number of amides is 4. The molecule has 2 heterocycles. The Morgan fingerprint density at radius 2 is 1.88 bits per heavy atom. The maximum Gasteiger partial charge on any atom is 0.324 e. The van der Waals surface area contributed by atoms with Crippen molar-refractivity contribution in [3.8, 4) is 0 Å². The Balaban J connectivity index is 1.58. The molecule has 2 saturated heterocycles. The third-order valence-corrected chi connectivity index (χ3v) is 5.09. The van der Waals surface area contributed by atoms with Gasteiger partial charge in [-0.2, -0.15) is 0 Å². The second-order valence-corrected chi connectivity index (χ2v) is 6.91. The van der Waals surface area contributed by atoms with Crippen LogP contribution in [0.15, 0.2) is 0 Å². The van der Waals surface area contributed by atoms with Gasteiger partial charge >= 0.3 is 6.03 Å². The summed E-state index contributed by atoms with van der Waals surface area (Å²) in [5, 5.41) is 13.2. The number of imide groups is 1. The fraction of sp³-hybridized carbons (Fsp3) is 0.812. The van der Waals surface area contributed by atoms with E-state index in [1.165, 1.54) is 0 Å². The van der Waals surface area contributed by atoms with Crippen LogP contribution in [-0.4, -0.2) is 77.2 Å². The van der Waals surface area contributed by atoms with Gasteiger partial charge in [0.25, 0.3) is 5.91 Å². The number of rotatable bonds is 4. The zero-order chi connectivity index (χ0) is 17.2. The summed E-state index contributed by atoms with van der Waals surface area (Å²) in [5.74, 6) is -0.573. The van der Waals surface area contributed by atoms with Crippen molar-refractivity contribution in [2.75, 3.05) is 32.8 Å². The van der Waals surface area contributed by atoms with Crippen LogP contribution < -0.4 is 5.32 Å². The van der Waals surface area contributed by atoms with Crippen LogP contribution >= 0.6 is 0 Å². The van der Waals surface area contributed by atoms with Crippen LogP contribution in [0.3, 0.4) is 0 Å². The Hall–Kier alpha value is -1.67. The van der Waals surface area contributed by atoms with Gasteiger partial charge in [-0.1, -0.05) is 19.3 Å². The highest BCUT2D eigenvalue weighted by Gasteiger charge is 2.44. The number of morpholine rings is 1. The van der Waals surface area contributed by atoms with Crippen LogP contribution in [0.4, 0.5) is 4.79 Å². The molecule has 8 heteroatoms. The van der Waals surface area contributed by atoms with Gasteiger partial charge in [0.2, 0.25) is 5.91 Å². The summed E-state index contributed by atoms with van der Waals surface area (Å²) < 4.78 is 5.20. The highest BCUT2D eigenvalue weighted by molar-refractivity contribution is 6.05. The molecule has 3 fully saturated rings. The summed E-state index contributed by atoms with van der Waals surface area (Å²) in [4.78, 5) is 39.6. The summed E-state index contributed by atoms with van der Waals surface area (Å²) in [6.45, 7) is 2.03. The third-order valence-electron chi connectivity index (χ3n) is 5.09. The van der Waals surface area contributed by atoms with E-state index in [4.69, 9.17) is 4.74 Å². The second-order valence-electron chi connectivity index (χ2n) is 6.91. The van der Waals surface area contributed by atoms with E-state index in [-0.39, 0.29) is 18.9 Å². The first-order valence-corrected chi connectivity index (χ1v) is 8.68. The number of aliphatic hydroxyl groups is 1. The predicted octanol–water partition coefficient (Wildman–Crippen LogP) is -0.149. The topological polar surface area (TPSA) is 99.2 Å². The molecule has 1 aliphatic carbocycles. The minimum atomic E-state index is -0.992.